The number of ether oxygens (including phenoxy) is 1. The highest BCUT2D eigenvalue weighted by atomic mass is 16.5. The Morgan fingerprint density at radius 2 is 2.17 bits per heavy atom. The van der Waals surface area contributed by atoms with Crippen LogP contribution in [-0.4, -0.2) is 30.1 Å². The molecule has 5 heteroatoms. The second-order valence-corrected chi connectivity index (χ2v) is 3.89. The van der Waals surface area contributed by atoms with Crippen LogP contribution < -0.4 is 10.1 Å². The summed E-state index contributed by atoms with van der Waals surface area (Å²) in [6.07, 6.45) is 0.500. The van der Waals surface area contributed by atoms with Crippen LogP contribution in [0.1, 0.15) is 18.9 Å². The van der Waals surface area contributed by atoms with Gasteiger partial charge in [0.05, 0.1) is 13.5 Å². The lowest BCUT2D eigenvalue weighted by molar-refractivity contribution is -0.141. The quantitative estimate of drug-likeness (QED) is 0.797. The first kappa shape index (κ1) is 14.0. The number of rotatable bonds is 6. The Balaban J connectivity index is 2.61. The molecule has 0 radical (unpaired) electrons. The van der Waals surface area contributed by atoms with E-state index in [1.54, 1.807) is 38.3 Å². The molecule has 1 atom stereocenters. The molecule has 18 heavy (non-hydrogen) atoms. The van der Waals surface area contributed by atoms with E-state index in [9.17, 15) is 9.59 Å². The van der Waals surface area contributed by atoms with Crippen LogP contribution in [0.3, 0.4) is 0 Å². The molecule has 0 aliphatic heterocycles. The highest BCUT2D eigenvalue weighted by Gasteiger charge is 2.17. The first-order chi connectivity index (χ1) is 8.56. The number of nitrogens with one attached hydrogen (secondary N) is 1. The third-order valence-corrected chi connectivity index (χ3v) is 2.54. The number of hydrogen-bond acceptors (Lipinski definition) is 3. The Hall–Kier alpha value is -2.04. The van der Waals surface area contributed by atoms with Crippen molar-refractivity contribution in [2.24, 2.45) is 0 Å². The fourth-order valence-corrected chi connectivity index (χ4v) is 1.55. The van der Waals surface area contributed by atoms with E-state index in [1.807, 2.05) is 0 Å². The number of carboxylic acids is 1. The molecule has 0 aliphatic rings. The fourth-order valence-electron chi connectivity index (χ4n) is 1.55. The van der Waals surface area contributed by atoms with Crippen LogP contribution in [0.4, 0.5) is 0 Å². The van der Waals surface area contributed by atoms with E-state index in [-0.39, 0.29) is 12.3 Å². The SMILES string of the molecule is CC[C@@H](NC(=O)Cc1cccc(OC)c1)C(=O)O. The van der Waals surface area contributed by atoms with E-state index in [0.29, 0.717) is 12.2 Å². The molecule has 0 spiro atoms. The normalized spacial score (nSPS) is 11.7. The lowest BCUT2D eigenvalue weighted by atomic mass is 10.1. The zero-order chi connectivity index (χ0) is 13.5. The molecule has 0 saturated carbocycles. The van der Waals surface area contributed by atoms with Crippen molar-refractivity contribution < 1.29 is 19.4 Å². The van der Waals surface area contributed by atoms with Gasteiger partial charge in [-0.1, -0.05) is 19.1 Å². The molecule has 0 fully saturated rings. The average molecular weight is 251 g/mol. The summed E-state index contributed by atoms with van der Waals surface area (Å²) < 4.78 is 5.05. The molecule has 1 aromatic rings. The number of carbonyl (C=O) groups excluding carboxylic acids is 1. The average Bonchev–Trinajstić information content (AvgIpc) is 2.35. The number of methoxy groups -OCH3 is 1. The molecule has 0 bridgehead atoms. The van der Waals surface area contributed by atoms with Crippen molar-refractivity contribution in [3.05, 3.63) is 29.8 Å². The Labute approximate surface area is 106 Å². The Morgan fingerprint density at radius 3 is 2.72 bits per heavy atom. The van der Waals surface area contributed by atoms with Crippen molar-refractivity contribution in [3.63, 3.8) is 0 Å². The van der Waals surface area contributed by atoms with Gasteiger partial charge in [-0.15, -0.1) is 0 Å². The van der Waals surface area contributed by atoms with Gasteiger partial charge in [-0.05, 0) is 24.1 Å². The van der Waals surface area contributed by atoms with Gasteiger partial charge in [0.15, 0.2) is 0 Å². The first-order valence-electron chi connectivity index (χ1n) is 5.72. The number of hydrogen-bond donors (Lipinski definition) is 2. The topological polar surface area (TPSA) is 75.6 Å². The molecule has 2 N–H and O–H groups in total. The predicted octanol–water partition coefficient (Wildman–Crippen LogP) is 1.22. The molecule has 1 rings (SSSR count). The molecule has 0 saturated heterocycles. The Kier molecular flexibility index (Phi) is 5.17. The van der Waals surface area contributed by atoms with Gasteiger partial charge in [0, 0.05) is 0 Å². The van der Waals surface area contributed by atoms with Crippen molar-refractivity contribution in [2.45, 2.75) is 25.8 Å². The van der Waals surface area contributed by atoms with E-state index in [2.05, 4.69) is 5.32 Å². The maximum absolute atomic E-state index is 11.7. The van der Waals surface area contributed by atoms with Crippen LogP contribution in [0, 0.1) is 0 Å². The Morgan fingerprint density at radius 1 is 1.44 bits per heavy atom. The third-order valence-electron chi connectivity index (χ3n) is 2.54. The summed E-state index contributed by atoms with van der Waals surface area (Å²) in [5.74, 6) is -0.653. The summed E-state index contributed by atoms with van der Waals surface area (Å²) >= 11 is 0. The summed E-state index contributed by atoms with van der Waals surface area (Å²) in [7, 11) is 1.55. The van der Waals surface area contributed by atoms with E-state index in [0.717, 1.165) is 5.56 Å². The maximum atomic E-state index is 11.7. The van der Waals surface area contributed by atoms with Gasteiger partial charge < -0.3 is 15.2 Å². The molecular formula is C13H17NO4. The highest BCUT2D eigenvalue weighted by molar-refractivity contribution is 5.84. The summed E-state index contributed by atoms with van der Waals surface area (Å²) in [6.45, 7) is 1.71. The zero-order valence-electron chi connectivity index (χ0n) is 10.5. The lowest BCUT2D eigenvalue weighted by Crippen LogP contribution is -2.40. The van der Waals surface area contributed by atoms with Gasteiger partial charge in [0.2, 0.25) is 5.91 Å². The van der Waals surface area contributed by atoms with Gasteiger partial charge in [0.1, 0.15) is 11.8 Å². The molecule has 5 nitrogen and oxygen atoms in total. The van der Waals surface area contributed by atoms with Crippen molar-refractivity contribution >= 4 is 11.9 Å². The molecule has 0 unspecified atom stereocenters. The largest absolute Gasteiger partial charge is 0.497 e. The Bertz CT molecular complexity index is 431. The van der Waals surface area contributed by atoms with Crippen LogP contribution in [0.5, 0.6) is 5.75 Å². The second-order valence-electron chi connectivity index (χ2n) is 3.89. The first-order valence-corrected chi connectivity index (χ1v) is 5.72. The molecule has 0 aromatic heterocycles. The van der Waals surface area contributed by atoms with Crippen molar-refractivity contribution in [2.75, 3.05) is 7.11 Å². The zero-order valence-corrected chi connectivity index (χ0v) is 10.5. The van der Waals surface area contributed by atoms with Gasteiger partial charge in [0.25, 0.3) is 0 Å². The fraction of sp³-hybridized carbons (Fsp3) is 0.385. The van der Waals surface area contributed by atoms with Crippen LogP contribution in [-0.2, 0) is 16.0 Å². The number of carboxylic acid groups (broad SMARTS) is 1. The number of benzene rings is 1. The van der Waals surface area contributed by atoms with Crippen molar-refractivity contribution in [1.82, 2.24) is 5.32 Å². The van der Waals surface area contributed by atoms with E-state index >= 15 is 0 Å². The lowest BCUT2D eigenvalue weighted by Gasteiger charge is -2.12. The molecule has 0 heterocycles. The van der Waals surface area contributed by atoms with Crippen LogP contribution in [0.25, 0.3) is 0 Å². The van der Waals surface area contributed by atoms with Crippen LogP contribution >= 0.6 is 0 Å². The maximum Gasteiger partial charge on any atom is 0.326 e. The summed E-state index contributed by atoms with van der Waals surface area (Å²) in [4.78, 5) is 22.5. The minimum Gasteiger partial charge on any atom is -0.497 e. The molecule has 0 aliphatic carbocycles. The predicted molar refractivity (Wildman–Crippen MR) is 66.6 cm³/mol. The van der Waals surface area contributed by atoms with E-state index in [1.165, 1.54) is 0 Å². The van der Waals surface area contributed by atoms with Crippen LogP contribution in [0.15, 0.2) is 24.3 Å². The van der Waals surface area contributed by atoms with Gasteiger partial charge in [-0.25, -0.2) is 4.79 Å². The molecule has 1 aromatic carbocycles. The molecule has 1 amide bonds. The summed E-state index contributed by atoms with van der Waals surface area (Å²) in [5.41, 5.74) is 0.784. The van der Waals surface area contributed by atoms with Gasteiger partial charge in [-0.3, -0.25) is 4.79 Å². The number of amides is 1. The minimum atomic E-state index is -1.02. The highest BCUT2D eigenvalue weighted by Crippen LogP contribution is 2.12. The van der Waals surface area contributed by atoms with E-state index in [4.69, 9.17) is 9.84 Å². The molecular weight excluding hydrogens is 234 g/mol. The van der Waals surface area contributed by atoms with Crippen LogP contribution in [0.2, 0.25) is 0 Å². The number of carbonyl (C=O) groups is 2. The summed E-state index contributed by atoms with van der Waals surface area (Å²) in [6, 6.07) is 6.29. The smallest absolute Gasteiger partial charge is 0.326 e. The van der Waals surface area contributed by atoms with Gasteiger partial charge >= 0.3 is 5.97 Å². The number of aliphatic carboxylic acids is 1. The van der Waals surface area contributed by atoms with Crippen molar-refractivity contribution in [3.8, 4) is 5.75 Å². The second kappa shape index (κ2) is 6.64. The third kappa shape index (κ3) is 4.08. The minimum absolute atomic E-state index is 0.140. The molecule has 98 valence electrons. The van der Waals surface area contributed by atoms with E-state index < -0.39 is 12.0 Å². The van der Waals surface area contributed by atoms with Crippen molar-refractivity contribution in [1.29, 1.82) is 0 Å². The van der Waals surface area contributed by atoms with Gasteiger partial charge in [-0.2, -0.15) is 0 Å². The summed E-state index contributed by atoms with van der Waals surface area (Å²) in [5, 5.41) is 11.3. The monoisotopic (exact) mass is 251 g/mol. The standard InChI is InChI=1S/C13H17NO4/c1-3-11(13(16)17)14-12(15)8-9-5-4-6-10(7-9)18-2/h4-7,11H,3,8H2,1-2H3,(H,14,15)(H,16,17)/t11-/m1/s1.